The highest BCUT2D eigenvalue weighted by Gasteiger charge is 2.22. The lowest BCUT2D eigenvalue weighted by atomic mass is 9.92. The molecule has 3 N–H and O–H groups in total. The third kappa shape index (κ3) is 6.01. The van der Waals surface area contributed by atoms with E-state index in [0.29, 0.717) is 17.9 Å². The number of urea groups is 1. The van der Waals surface area contributed by atoms with Crippen molar-refractivity contribution in [3.8, 4) is 22.6 Å². The lowest BCUT2D eigenvalue weighted by molar-refractivity contribution is 0.262. The number of carbonyl (C=O) groups excluding carboxylic acids is 1. The van der Waals surface area contributed by atoms with Gasteiger partial charge in [0.25, 0.3) is 0 Å². The van der Waals surface area contributed by atoms with Crippen LogP contribution in [0.5, 0.6) is 5.75 Å². The van der Waals surface area contributed by atoms with Gasteiger partial charge in [-0.15, -0.1) is 0 Å². The molecule has 0 bridgehead atoms. The highest BCUT2D eigenvalue weighted by Crippen LogP contribution is 2.36. The summed E-state index contributed by atoms with van der Waals surface area (Å²) in [7, 11) is 0. The molecule has 3 aromatic carbocycles. The smallest absolute Gasteiger partial charge is 0.324 e. The van der Waals surface area contributed by atoms with E-state index in [0.717, 1.165) is 50.1 Å². The molecule has 0 saturated heterocycles. The van der Waals surface area contributed by atoms with Crippen LogP contribution in [0.15, 0.2) is 104 Å². The Morgan fingerprint density at radius 2 is 1.70 bits per heavy atom. The molecule has 8 heteroatoms. The Morgan fingerprint density at radius 3 is 2.41 bits per heavy atom. The van der Waals surface area contributed by atoms with Gasteiger partial charge in [0, 0.05) is 41.4 Å². The molecule has 0 unspecified atom stereocenters. The third-order valence-corrected chi connectivity index (χ3v) is 7.55. The number of fused-ring (bicyclic) bond motifs is 1. The van der Waals surface area contributed by atoms with Gasteiger partial charge in [0.05, 0.1) is 23.3 Å². The zero-order valence-corrected chi connectivity index (χ0v) is 25.2. The third-order valence-electron chi connectivity index (χ3n) is 7.55. The normalized spacial score (nSPS) is 11.5. The van der Waals surface area contributed by atoms with Crippen molar-refractivity contribution in [1.29, 1.82) is 0 Å². The van der Waals surface area contributed by atoms with Gasteiger partial charge in [0.1, 0.15) is 11.6 Å². The Kier molecular flexibility index (Phi) is 7.57. The number of aromatic nitrogens is 4. The fourth-order valence-corrected chi connectivity index (χ4v) is 5.15. The van der Waals surface area contributed by atoms with Gasteiger partial charge in [0.15, 0.2) is 0 Å². The van der Waals surface area contributed by atoms with Crippen LogP contribution in [0, 0.1) is 6.92 Å². The lowest BCUT2D eigenvalue weighted by Crippen LogP contribution is -2.21. The summed E-state index contributed by atoms with van der Waals surface area (Å²) >= 11 is 0. The summed E-state index contributed by atoms with van der Waals surface area (Å²) in [6, 6.07) is 26.8. The molecule has 6 rings (SSSR count). The van der Waals surface area contributed by atoms with E-state index in [1.54, 1.807) is 29.3 Å². The Hall–Kier alpha value is -5.50. The summed E-state index contributed by atoms with van der Waals surface area (Å²) in [4.78, 5) is 22.0. The maximum absolute atomic E-state index is 13.4. The molecular weight excluding hydrogens is 548 g/mol. The second-order valence-electron chi connectivity index (χ2n) is 11.9. The molecule has 44 heavy (non-hydrogen) atoms. The van der Waals surface area contributed by atoms with E-state index in [1.807, 2.05) is 85.8 Å². The van der Waals surface area contributed by atoms with Gasteiger partial charge in [-0.1, -0.05) is 69.3 Å². The Bertz CT molecular complexity index is 1960. The summed E-state index contributed by atoms with van der Waals surface area (Å²) in [6.07, 6.45) is 5.88. The first kappa shape index (κ1) is 28.6. The zero-order valence-electron chi connectivity index (χ0n) is 25.2. The number of hydrogen-bond donors (Lipinski definition) is 3. The minimum Gasteiger partial charge on any atom is -0.508 e. The maximum Gasteiger partial charge on any atom is 0.324 e. The van der Waals surface area contributed by atoms with Crippen LogP contribution in [0.2, 0.25) is 0 Å². The van der Waals surface area contributed by atoms with E-state index in [2.05, 4.69) is 41.4 Å². The summed E-state index contributed by atoms with van der Waals surface area (Å²) in [6.45, 7) is 8.17. The molecular formula is C36H34N6O2. The van der Waals surface area contributed by atoms with E-state index < -0.39 is 0 Å². The van der Waals surface area contributed by atoms with Crippen molar-refractivity contribution >= 4 is 28.3 Å². The number of anilines is 2. The highest BCUT2D eigenvalue weighted by atomic mass is 16.3. The maximum atomic E-state index is 13.4. The average molecular weight is 583 g/mol. The number of aromatic hydroxyl groups is 1. The molecule has 0 aliphatic rings. The fourth-order valence-electron chi connectivity index (χ4n) is 5.15. The van der Waals surface area contributed by atoms with Gasteiger partial charge in [-0.2, -0.15) is 5.10 Å². The number of pyridine rings is 2. The molecule has 6 aromatic rings. The first-order valence-corrected chi connectivity index (χ1v) is 14.5. The Labute approximate surface area is 256 Å². The van der Waals surface area contributed by atoms with Crippen LogP contribution in [0.4, 0.5) is 16.3 Å². The summed E-state index contributed by atoms with van der Waals surface area (Å²) in [5.41, 5.74) is 6.65. The second-order valence-corrected chi connectivity index (χ2v) is 11.9. The number of aryl methyl sites for hydroxylation is 1. The SMILES string of the molecule is Cc1ccc(-n2nc(C(C)(C)C)cc2NC(=O)Nc2ccc(-c3ccc(Cc4cccnc4)c(O)c3)c3ccccc23)cn1. The molecule has 8 nitrogen and oxygen atoms in total. The van der Waals surface area contributed by atoms with Crippen molar-refractivity contribution in [2.45, 2.75) is 39.5 Å². The fraction of sp³-hybridized carbons (Fsp3) is 0.167. The summed E-state index contributed by atoms with van der Waals surface area (Å²) in [5, 5.41) is 23.5. The lowest BCUT2D eigenvalue weighted by Gasteiger charge is -2.15. The van der Waals surface area contributed by atoms with Crippen molar-refractivity contribution < 1.29 is 9.90 Å². The van der Waals surface area contributed by atoms with Crippen LogP contribution >= 0.6 is 0 Å². The van der Waals surface area contributed by atoms with Gasteiger partial charge >= 0.3 is 6.03 Å². The van der Waals surface area contributed by atoms with Gasteiger partial charge in [0.2, 0.25) is 0 Å². The van der Waals surface area contributed by atoms with Crippen molar-refractivity contribution in [2.75, 3.05) is 10.6 Å². The number of hydrogen-bond acceptors (Lipinski definition) is 5. The number of benzene rings is 3. The van der Waals surface area contributed by atoms with Crippen LogP contribution in [0.1, 0.15) is 43.3 Å². The molecule has 3 heterocycles. The number of phenolic OH excluding ortho intramolecular Hbond substituents is 1. The van der Waals surface area contributed by atoms with Gasteiger partial charge in [-0.3, -0.25) is 15.3 Å². The standard InChI is InChI=1S/C36H34N6O2/c1-23-11-14-27(22-38-23)42-34(20-33(41-42)36(2,3)4)40-35(44)39-31-16-15-28(29-9-5-6-10-30(29)31)25-12-13-26(32(43)19-25)18-24-8-7-17-37-21-24/h5-17,19-22,43H,18H2,1-4H3,(H2,39,40,44). The quantitative estimate of drug-likeness (QED) is 0.184. The van der Waals surface area contributed by atoms with E-state index in [9.17, 15) is 9.90 Å². The van der Waals surface area contributed by atoms with E-state index in [1.165, 1.54) is 0 Å². The number of phenols is 1. The highest BCUT2D eigenvalue weighted by molar-refractivity contribution is 6.09. The van der Waals surface area contributed by atoms with E-state index >= 15 is 0 Å². The first-order chi connectivity index (χ1) is 21.2. The molecule has 0 atom stereocenters. The van der Waals surface area contributed by atoms with Crippen molar-refractivity contribution in [2.24, 2.45) is 0 Å². The van der Waals surface area contributed by atoms with Crippen LogP contribution in [0.3, 0.4) is 0 Å². The van der Waals surface area contributed by atoms with Gasteiger partial charge in [-0.25, -0.2) is 9.48 Å². The number of amides is 2. The minimum absolute atomic E-state index is 0.215. The largest absolute Gasteiger partial charge is 0.508 e. The predicted octanol–water partition coefficient (Wildman–Crippen LogP) is 8.03. The predicted molar refractivity (Wildman–Crippen MR) is 176 cm³/mol. The van der Waals surface area contributed by atoms with Crippen molar-refractivity contribution in [3.63, 3.8) is 0 Å². The number of nitrogens with zero attached hydrogens (tertiary/aromatic N) is 4. The number of nitrogens with one attached hydrogen (secondary N) is 2. The monoisotopic (exact) mass is 582 g/mol. The molecule has 0 saturated carbocycles. The van der Waals surface area contributed by atoms with E-state index in [4.69, 9.17) is 5.10 Å². The van der Waals surface area contributed by atoms with E-state index in [-0.39, 0.29) is 17.2 Å². The van der Waals surface area contributed by atoms with Crippen LogP contribution in [-0.2, 0) is 11.8 Å². The van der Waals surface area contributed by atoms with Crippen LogP contribution in [-0.4, -0.2) is 30.9 Å². The zero-order chi connectivity index (χ0) is 30.8. The Morgan fingerprint density at radius 1 is 0.886 bits per heavy atom. The van der Waals surface area contributed by atoms with Crippen LogP contribution < -0.4 is 10.6 Å². The first-order valence-electron chi connectivity index (χ1n) is 14.5. The number of rotatable bonds is 6. The van der Waals surface area contributed by atoms with Crippen LogP contribution in [0.25, 0.3) is 27.6 Å². The molecule has 0 spiro atoms. The molecule has 0 aliphatic carbocycles. The van der Waals surface area contributed by atoms with Crippen molar-refractivity contribution in [3.05, 3.63) is 126 Å². The average Bonchev–Trinajstić information content (AvgIpc) is 3.43. The topological polar surface area (TPSA) is 105 Å². The van der Waals surface area contributed by atoms with Crippen molar-refractivity contribution in [1.82, 2.24) is 19.7 Å². The molecule has 3 aromatic heterocycles. The molecule has 0 aliphatic heterocycles. The summed E-state index contributed by atoms with van der Waals surface area (Å²) < 4.78 is 1.71. The molecule has 0 radical (unpaired) electrons. The summed E-state index contributed by atoms with van der Waals surface area (Å²) in [5.74, 6) is 0.771. The van der Waals surface area contributed by atoms with Gasteiger partial charge < -0.3 is 10.4 Å². The Balaban J connectivity index is 1.28. The van der Waals surface area contributed by atoms with Gasteiger partial charge in [-0.05, 0) is 64.9 Å². The molecule has 2 amide bonds. The molecule has 0 fully saturated rings. The minimum atomic E-state index is -0.387. The number of carbonyl (C=O) groups is 1. The second kappa shape index (κ2) is 11.6. The molecule has 220 valence electrons.